The largest absolute Gasteiger partial charge is 0.324 e. The van der Waals surface area contributed by atoms with Crippen LogP contribution in [0.3, 0.4) is 0 Å². The van der Waals surface area contributed by atoms with Gasteiger partial charge in [0.2, 0.25) is 5.91 Å². The van der Waals surface area contributed by atoms with E-state index in [4.69, 9.17) is 0 Å². The zero-order valence-electron chi connectivity index (χ0n) is 13.9. The Kier molecular flexibility index (Phi) is 4.01. The average molecular weight is 350 g/mol. The third-order valence-corrected chi connectivity index (χ3v) is 5.56. The van der Waals surface area contributed by atoms with E-state index in [1.54, 1.807) is 11.0 Å². The summed E-state index contributed by atoms with van der Waals surface area (Å²) in [4.78, 5) is 29.8. The SMILES string of the molecule is C[C@H]1C(=O)N(c2cccc3ccccc23)CCN1C(=O)c1cccs1. The van der Waals surface area contributed by atoms with Crippen molar-refractivity contribution in [2.75, 3.05) is 18.0 Å². The third kappa shape index (κ3) is 2.70. The molecule has 2 amide bonds. The number of amides is 2. The molecule has 0 aliphatic carbocycles. The molecule has 1 fully saturated rings. The Labute approximate surface area is 150 Å². The molecule has 1 saturated heterocycles. The first-order chi connectivity index (χ1) is 12.2. The summed E-state index contributed by atoms with van der Waals surface area (Å²) in [6, 6.07) is 17.2. The van der Waals surface area contributed by atoms with Crippen molar-refractivity contribution in [3.8, 4) is 0 Å². The van der Waals surface area contributed by atoms with Gasteiger partial charge in [-0.1, -0.05) is 42.5 Å². The molecule has 4 rings (SSSR count). The Morgan fingerprint density at radius 2 is 1.84 bits per heavy atom. The summed E-state index contributed by atoms with van der Waals surface area (Å²) in [7, 11) is 0. The number of nitrogens with zero attached hydrogens (tertiary/aromatic N) is 2. The predicted octanol–water partition coefficient (Wildman–Crippen LogP) is 3.78. The maximum Gasteiger partial charge on any atom is 0.264 e. The minimum absolute atomic E-state index is 0.0347. The van der Waals surface area contributed by atoms with Crippen molar-refractivity contribution in [3.05, 3.63) is 64.9 Å². The van der Waals surface area contributed by atoms with Crippen molar-refractivity contribution in [1.82, 2.24) is 4.90 Å². The molecule has 0 bridgehead atoms. The lowest BCUT2D eigenvalue weighted by atomic mass is 10.1. The highest BCUT2D eigenvalue weighted by Crippen LogP contribution is 2.29. The molecule has 2 aromatic carbocycles. The van der Waals surface area contributed by atoms with E-state index in [0.29, 0.717) is 18.0 Å². The summed E-state index contributed by atoms with van der Waals surface area (Å²) in [6.07, 6.45) is 0. The maximum absolute atomic E-state index is 13.0. The molecule has 5 heteroatoms. The number of carbonyl (C=O) groups excluding carboxylic acids is 2. The Morgan fingerprint density at radius 1 is 1.04 bits per heavy atom. The fourth-order valence-corrected chi connectivity index (χ4v) is 4.05. The van der Waals surface area contributed by atoms with Gasteiger partial charge in [0.05, 0.1) is 10.6 Å². The third-order valence-electron chi connectivity index (χ3n) is 4.71. The second kappa shape index (κ2) is 6.33. The summed E-state index contributed by atoms with van der Waals surface area (Å²) >= 11 is 1.41. The highest BCUT2D eigenvalue weighted by atomic mass is 32.1. The highest BCUT2D eigenvalue weighted by molar-refractivity contribution is 7.12. The second-order valence-electron chi connectivity index (χ2n) is 6.14. The molecule has 0 saturated carbocycles. The van der Waals surface area contributed by atoms with Crippen LogP contribution in [-0.2, 0) is 4.79 Å². The minimum atomic E-state index is -0.470. The van der Waals surface area contributed by atoms with Crippen molar-refractivity contribution >= 4 is 39.6 Å². The normalized spacial score (nSPS) is 18.0. The molecule has 25 heavy (non-hydrogen) atoms. The smallest absolute Gasteiger partial charge is 0.264 e. The van der Waals surface area contributed by atoms with Crippen molar-refractivity contribution in [1.29, 1.82) is 0 Å². The maximum atomic E-state index is 13.0. The van der Waals surface area contributed by atoms with Crippen molar-refractivity contribution in [3.63, 3.8) is 0 Å². The molecule has 1 aromatic heterocycles. The topological polar surface area (TPSA) is 40.6 Å². The van der Waals surface area contributed by atoms with Gasteiger partial charge >= 0.3 is 0 Å². The van der Waals surface area contributed by atoms with Crippen LogP contribution >= 0.6 is 11.3 Å². The summed E-state index contributed by atoms with van der Waals surface area (Å²) in [5.74, 6) is -0.0964. The number of piperazine rings is 1. The molecular weight excluding hydrogens is 332 g/mol. The molecule has 0 N–H and O–H groups in total. The quantitative estimate of drug-likeness (QED) is 0.706. The second-order valence-corrected chi connectivity index (χ2v) is 7.09. The predicted molar refractivity (Wildman–Crippen MR) is 101 cm³/mol. The van der Waals surface area contributed by atoms with Crippen LogP contribution in [0, 0.1) is 0 Å². The Hall–Kier alpha value is -2.66. The molecule has 1 atom stereocenters. The minimum Gasteiger partial charge on any atom is -0.324 e. The van der Waals surface area contributed by atoms with E-state index in [-0.39, 0.29) is 11.8 Å². The number of thiophene rings is 1. The van der Waals surface area contributed by atoms with Gasteiger partial charge in [-0.3, -0.25) is 9.59 Å². The number of fused-ring (bicyclic) bond motifs is 1. The number of hydrogen-bond acceptors (Lipinski definition) is 3. The first-order valence-electron chi connectivity index (χ1n) is 8.30. The monoisotopic (exact) mass is 350 g/mol. The molecule has 4 nitrogen and oxygen atoms in total. The van der Waals surface area contributed by atoms with Crippen LogP contribution in [-0.4, -0.2) is 35.8 Å². The van der Waals surface area contributed by atoms with Gasteiger partial charge in [0.15, 0.2) is 0 Å². The van der Waals surface area contributed by atoms with Crippen LogP contribution in [0.25, 0.3) is 10.8 Å². The number of carbonyl (C=O) groups is 2. The van der Waals surface area contributed by atoms with Crippen LogP contribution in [0.15, 0.2) is 60.0 Å². The van der Waals surface area contributed by atoms with E-state index in [2.05, 4.69) is 0 Å². The van der Waals surface area contributed by atoms with Crippen LogP contribution in [0.5, 0.6) is 0 Å². The van der Waals surface area contributed by atoms with Gasteiger partial charge in [0.1, 0.15) is 6.04 Å². The van der Waals surface area contributed by atoms with E-state index in [1.807, 2.05) is 65.7 Å². The fourth-order valence-electron chi connectivity index (χ4n) is 3.37. The molecule has 0 unspecified atom stereocenters. The zero-order chi connectivity index (χ0) is 17.4. The molecule has 0 spiro atoms. The summed E-state index contributed by atoms with van der Waals surface area (Å²) in [5.41, 5.74) is 0.915. The van der Waals surface area contributed by atoms with Gasteiger partial charge in [0.25, 0.3) is 5.91 Å². The van der Waals surface area contributed by atoms with E-state index < -0.39 is 6.04 Å². The number of hydrogen-bond donors (Lipinski definition) is 0. The summed E-state index contributed by atoms with van der Waals surface area (Å²) in [5, 5.41) is 4.05. The lowest BCUT2D eigenvalue weighted by molar-refractivity contribution is -0.124. The van der Waals surface area contributed by atoms with Crippen molar-refractivity contribution in [2.45, 2.75) is 13.0 Å². The van der Waals surface area contributed by atoms with Crippen LogP contribution in [0.1, 0.15) is 16.6 Å². The molecular formula is C20H18N2O2S. The summed E-state index contributed by atoms with van der Waals surface area (Å²) < 4.78 is 0. The first-order valence-corrected chi connectivity index (χ1v) is 9.18. The van der Waals surface area contributed by atoms with Gasteiger partial charge in [0, 0.05) is 18.5 Å². The fraction of sp³-hybridized carbons (Fsp3) is 0.200. The van der Waals surface area contributed by atoms with Gasteiger partial charge in [-0.05, 0) is 29.8 Å². The molecule has 0 radical (unpaired) electrons. The van der Waals surface area contributed by atoms with Crippen LogP contribution in [0.2, 0.25) is 0 Å². The number of anilines is 1. The Balaban J connectivity index is 1.64. The van der Waals surface area contributed by atoms with E-state index in [9.17, 15) is 9.59 Å². The summed E-state index contributed by atoms with van der Waals surface area (Å²) in [6.45, 7) is 2.85. The highest BCUT2D eigenvalue weighted by Gasteiger charge is 2.36. The molecule has 1 aliphatic heterocycles. The Bertz CT molecular complexity index is 931. The van der Waals surface area contributed by atoms with E-state index in [0.717, 1.165) is 16.5 Å². The van der Waals surface area contributed by atoms with Gasteiger partial charge in [-0.2, -0.15) is 0 Å². The van der Waals surface area contributed by atoms with Crippen LogP contribution < -0.4 is 4.90 Å². The van der Waals surface area contributed by atoms with Crippen molar-refractivity contribution in [2.24, 2.45) is 0 Å². The van der Waals surface area contributed by atoms with E-state index in [1.165, 1.54) is 11.3 Å². The lowest BCUT2D eigenvalue weighted by Crippen LogP contribution is -2.57. The van der Waals surface area contributed by atoms with Crippen molar-refractivity contribution < 1.29 is 9.59 Å². The number of benzene rings is 2. The molecule has 3 aromatic rings. The standard InChI is InChI=1S/C20H18N2O2S/c1-14-19(23)22(12-11-21(14)20(24)18-10-5-13-25-18)17-9-4-7-15-6-2-3-8-16(15)17/h2-10,13-14H,11-12H2,1H3/t14-/m0/s1. The number of rotatable bonds is 2. The van der Waals surface area contributed by atoms with Gasteiger partial charge in [-0.25, -0.2) is 0 Å². The molecule has 126 valence electrons. The first kappa shape index (κ1) is 15.8. The van der Waals surface area contributed by atoms with E-state index >= 15 is 0 Å². The van der Waals surface area contributed by atoms with Gasteiger partial charge in [-0.15, -0.1) is 11.3 Å². The average Bonchev–Trinajstić information content (AvgIpc) is 3.18. The Morgan fingerprint density at radius 3 is 2.64 bits per heavy atom. The molecule has 1 aliphatic rings. The zero-order valence-corrected chi connectivity index (χ0v) is 14.7. The van der Waals surface area contributed by atoms with Crippen LogP contribution in [0.4, 0.5) is 5.69 Å². The molecule has 2 heterocycles. The lowest BCUT2D eigenvalue weighted by Gasteiger charge is -2.39. The van der Waals surface area contributed by atoms with Gasteiger partial charge < -0.3 is 9.80 Å².